The van der Waals surface area contributed by atoms with Gasteiger partial charge in [-0.3, -0.25) is 4.98 Å². The van der Waals surface area contributed by atoms with Crippen molar-refractivity contribution in [2.75, 3.05) is 0 Å². The number of aromatic hydroxyl groups is 1. The van der Waals surface area contributed by atoms with Gasteiger partial charge in [0.1, 0.15) is 5.75 Å². The molecule has 0 saturated carbocycles. The van der Waals surface area contributed by atoms with Gasteiger partial charge in [0.2, 0.25) is 0 Å². The average molecular weight is 165 g/mol. The third-order valence-corrected chi connectivity index (χ3v) is 1.16. The molecule has 12 heavy (non-hydrogen) atoms. The Labute approximate surface area is 68.8 Å². The van der Waals surface area contributed by atoms with E-state index < -0.39 is 5.97 Å². The quantitative estimate of drug-likeness (QED) is 0.638. The van der Waals surface area contributed by atoms with Crippen molar-refractivity contribution in [2.24, 2.45) is 0 Å². The van der Waals surface area contributed by atoms with Gasteiger partial charge in [0.25, 0.3) is 0 Å². The molecule has 0 aromatic carbocycles. The molecule has 0 saturated heterocycles. The van der Waals surface area contributed by atoms with E-state index in [0.29, 0.717) is 5.56 Å². The van der Waals surface area contributed by atoms with Crippen molar-refractivity contribution >= 4 is 12.0 Å². The van der Waals surface area contributed by atoms with Crippen molar-refractivity contribution in [3.05, 3.63) is 30.1 Å². The Morgan fingerprint density at radius 2 is 2.25 bits per heavy atom. The molecule has 4 heteroatoms. The summed E-state index contributed by atoms with van der Waals surface area (Å²) in [6.45, 7) is 0. The average Bonchev–Trinajstić information content (AvgIpc) is 2.01. The number of carboxylic acid groups (broad SMARTS) is 1. The van der Waals surface area contributed by atoms with Crippen LogP contribution in [0.1, 0.15) is 5.56 Å². The molecule has 0 bridgehead atoms. The molecule has 1 heterocycles. The number of aliphatic carboxylic acids is 1. The minimum Gasteiger partial charge on any atom is -0.506 e. The first kappa shape index (κ1) is 8.26. The summed E-state index contributed by atoms with van der Waals surface area (Å²) in [6.07, 6.45) is 5.07. The van der Waals surface area contributed by atoms with E-state index in [2.05, 4.69) is 4.98 Å². The molecule has 0 unspecified atom stereocenters. The fourth-order valence-electron chi connectivity index (χ4n) is 0.704. The Balaban J connectivity index is 2.83. The van der Waals surface area contributed by atoms with Gasteiger partial charge in [-0.2, -0.15) is 0 Å². The third-order valence-electron chi connectivity index (χ3n) is 1.16. The zero-order chi connectivity index (χ0) is 8.97. The number of aromatic nitrogens is 1. The molecular weight excluding hydrogens is 158 g/mol. The summed E-state index contributed by atoms with van der Waals surface area (Å²) in [5, 5.41) is 17.2. The highest BCUT2D eigenvalue weighted by Gasteiger charge is 1.91. The first-order valence-electron chi connectivity index (χ1n) is 3.23. The summed E-state index contributed by atoms with van der Waals surface area (Å²) in [5.74, 6) is -1.01. The summed E-state index contributed by atoms with van der Waals surface area (Å²) < 4.78 is 0. The summed E-state index contributed by atoms with van der Waals surface area (Å²) in [7, 11) is 0. The predicted octanol–water partition coefficient (Wildman–Crippen LogP) is 0.885. The fourth-order valence-corrected chi connectivity index (χ4v) is 0.704. The van der Waals surface area contributed by atoms with Crippen LogP contribution in [-0.2, 0) is 4.79 Å². The number of nitrogens with zero attached hydrogens (tertiary/aromatic N) is 1. The lowest BCUT2D eigenvalue weighted by Gasteiger charge is -1.92. The van der Waals surface area contributed by atoms with Gasteiger partial charge in [0.15, 0.2) is 0 Å². The van der Waals surface area contributed by atoms with Gasteiger partial charge in [-0.1, -0.05) is 0 Å². The van der Waals surface area contributed by atoms with E-state index >= 15 is 0 Å². The number of hydrogen-bond donors (Lipinski definition) is 2. The van der Waals surface area contributed by atoms with E-state index in [-0.39, 0.29) is 5.75 Å². The van der Waals surface area contributed by atoms with Crippen molar-refractivity contribution in [1.29, 1.82) is 0 Å². The number of carboxylic acids is 1. The van der Waals surface area contributed by atoms with Gasteiger partial charge in [0.05, 0.1) is 6.20 Å². The summed E-state index contributed by atoms with van der Waals surface area (Å²) >= 11 is 0. The molecule has 62 valence electrons. The number of hydrogen-bond acceptors (Lipinski definition) is 3. The molecule has 0 fully saturated rings. The van der Waals surface area contributed by atoms with Gasteiger partial charge in [0, 0.05) is 12.3 Å². The van der Waals surface area contributed by atoms with Gasteiger partial charge in [-0.05, 0) is 17.7 Å². The van der Waals surface area contributed by atoms with Crippen molar-refractivity contribution < 1.29 is 15.0 Å². The number of pyridine rings is 1. The van der Waals surface area contributed by atoms with Crippen LogP contribution in [0.3, 0.4) is 0 Å². The molecule has 1 aromatic heterocycles. The number of carbonyl (C=O) groups is 1. The van der Waals surface area contributed by atoms with Crippen molar-refractivity contribution in [2.45, 2.75) is 0 Å². The molecule has 0 aliphatic rings. The topological polar surface area (TPSA) is 70.4 Å². The molecule has 0 radical (unpaired) electrons. The summed E-state index contributed by atoms with van der Waals surface area (Å²) in [4.78, 5) is 13.8. The Bertz CT molecular complexity index is 320. The molecule has 0 aliphatic carbocycles. The van der Waals surface area contributed by atoms with Crippen molar-refractivity contribution in [3.63, 3.8) is 0 Å². The molecule has 0 aliphatic heterocycles. The lowest BCUT2D eigenvalue weighted by atomic mass is 10.2. The van der Waals surface area contributed by atoms with E-state index in [1.54, 1.807) is 0 Å². The highest BCUT2D eigenvalue weighted by Crippen LogP contribution is 2.09. The Kier molecular flexibility index (Phi) is 2.42. The molecule has 1 rings (SSSR count). The van der Waals surface area contributed by atoms with Crippen LogP contribution >= 0.6 is 0 Å². The van der Waals surface area contributed by atoms with Gasteiger partial charge >= 0.3 is 5.97 Å². The second kappa shape index (κ2) is 3.52. The van der Waals surface area contributed by atoms with Gasteiger partial charge in [-0.15, -0.1) is 0 Å². The van der Waals surface area contributed by atoms with E-state index in [9.17, 15) is 4.79 Å². The molecule has 0 atom stereocenters. The monoisotopic (exact) mass is 165 g/mol. The zero-order valence-electron chi connectivity index (χ0n) is 6.14. The zero-order valence-corrected chi connectivity index (χ0v) is 6.14. The smallest absolute Gasteiger partial charge is 0.328 e. The molecule has 0 spiro atoms. The van der Waals surface area contributed by atoms with E-state index in [1.807, 2.05) is 0 Å². The maximum atomic E-state index is 10.1. The van der Waals surface area contributed by atoms with Crippen LogP contribution in [0.2, 0.25) is 0 Å². The van der Waals surface area contributed by atoms with Crippen molar-refractivity contribution in [3.8, 4) is 5.75 Å². The Morgan fingerprint density at radius 1 is 1.50 bits per heavy atom. The Morgan fingerprint density at radius 3 is 2.83 bits per heavy atom. The van der Waals surface area contributed by atoms with Gasteiger partial charge < -0.3 is 10.2 Å². The van der Waals surface area contributed by atoms with Crippen LogP contribution in [0, 0.1) is 0 Å². The highest BCUT2D eigenvalue weighted by molar-refractivity contribution is 5.85. The third kappa shape index (κ3) is 2.42. The molecule has 1 aromatic rings. The van der Waals surface area contributed by atoms with E-state index in [1.165, 1.54) is 24.5 Å². The number of rotatable bonds is 2. The minimum atomic E-state index is -1.03. The van der Waals surface area contributed by atoms with E-state index in [0.717, 1.165) is 6.08 Å². The molecule has 0 amide bonds. The molecule has 4 nitrogen and oxygen atoms in total. The van der Waals surface area contributed by atoms with Crippen LogP contribution < -0.4 is 0 Å². The SMILES string of the molecule is O=C(O)/C=C\c1cncc(O)c1. The first-order chi connectivity index (χ1) is 5.68. The largest absolute Gasteiger partial charge is 0.506 e. The predicted molar refractivity (Wildman–Crippen MR) is 42.6 cm³/mol. The van der Waals surface area contributed by atoms with Crippen LogP contribution in [0.5, 0.6) is 5.75 Å². The lowest BCUT2D eigenvalue weighted by molar-refractivity contribution is -0.131. The summed E-state index contributed by atoms with van der Waals surface area (Å²) in [5.41, 5.74) is 0.553. The summed E-state index contributed by atoms with van der Waals surface area (Å²) in [6, 6.07) is 1.42. The molecular formula is C8H7NO3. The maximum Gasteiger partial charge on any atom is 0.328 e. The van der Waals surface area contributed by atoms with Crippen LogP contribution in [0.25, 0.3) is 6.08 Å². The fraction of sp³-hybridized carbons (Fsp3) is 0. The van der Waals surface area contributed by atoms with E-state index in [4.69, 9.17) is 10.2 Å². The van der Waals surface area contributed by atoms with Crippen LogP contribution in [-0.4, -0.2) is 21.2 Å². The highest BCUT2D eigenvalue weighted by atomic mass is 16.4. The Hall–Kier alpha value is -1.84. The first-order valence-corrected chi connectivity index (χ1v) is 3.23. The second-order valence-corrected chi connectivity index (χ2v) is 2.15. The van der Waals surface area contributed by atoms with Gasteiger partial charge in [-0.25, -0.2) is 4.79 Å². The molecule has 2 N–H and O–H groups in total. The maximum absolute atomic E-state index is 10.1. The van der Waals surface area contributed by atoms with Crippen molar-refractivity contribution in [1.82, 2.24) is 4.98 Å². The normalized spacial score (nSPS) is 10.3. The standard InChI is InChI=1S/C8H7NO3/c10-7-3-6(4-9-5-7)1-2-8(11)12/h1-5,10H,(H,11,12)/b2-1-. The van der Waals surface area contributed by atoms with Crippen LogP contribution in [0.15, 0.2) is 24.5 Å². The second-order valence-electron chi connectivity index (χ2n) is 2.15. The minimum absolute atomic E-state index is 0.0162. The van der Waals surface area contributed by atoms with Crippen LogP contribution in [0.4, 0.5) is 0 Å². The lowest BCUT2D eigenvalue weighted by Crippen LogP contribution is -1.85.